The van der Waals surface area contributed by atoms with E-state index in [4.69, 9.17) is 11.6 Å². The van der Waals surface area contributed by atoms with Crippen LogP contribution in [-0.2, 0) is 11.2 Å². The molecule has 0 spiro atoms. The van der Waals surface area contributed by atoms with Crippen molar-refractivity contribution in [2.24, 2.45) is 0 Å². The summed E-state index contributed by atoms with van der Waals surface area (Å²) in [5.41, 5.74) is 1.61. The van der Waals surface area contributed by atoms with E-state index < -0.39 is 4.92 Å². The molecule has 0 unspecified atom stereocenters. The van der Waals surface area contributed by atoms with Gasteiger partial charge in [0.1, 0.15) is 5.88 Å². The standard InChI is InChI=1S/C11H11ClN2O3/c1-7-4-8-5-9(14(16)17)2-3-10(8)13(7)11(15)6-12/h2-3,5,7H,4,6H2,1H3/t7-/m0/s1. The van der Waals surface area contributed by atoms with Crippen molar-refractivity contribution in [3.63, 3.8) is 0 Å². The molecule has 90 valence electrons. The maximum Gasteiger partial charge on any atom is 0.269 e. The number of nitro groups is 1. The van der Waals surface area contributed by atoms with E-state index >= 15 is 0 Å². The van der Waals surface area contributed by atoms with E-state index in [1.54, 1.807) is 11.0 Å². The highest BCUT2D eigenvalue weighted by molar-refractivity contribution is 6.29. The Kier molecular flexibility index (Phi) is 3.02. The quantitative estimate of drug-likeness (QED) is 0.461. The molecule has 1 aromatic carbocycles. The Morgan fingerprint density at radius 1 is 1.65 bits per heavy atom. The van der Waals surface area contributed by atoms with Crippen molar-refractivity contribution < 1.29 is 9.72 Å². The lowest BCUT2D eigenvalue weighted by atomic mass is 10.1. The Bertz CT molecular complexity index is 490. The number of nitrogens with zero attached hydrogens (tertiary/aromatic N) is 2. The molecule has 0 radical (unpaired) electrons. The van der Waals surface area contributed by atoms with Crippen molar-refractivity contribution in [3.8, 4) is 0 Å². The zero-order chi connectivity index (χ0) is 12.6. The molecule has 0 saturated heterocycles. The van der Waals surface area contributed by atoms with Gasteiger partial charge in [0.2, 0.25) is 5.91 Å². The molecule has 1 aliphatic heterocycles. The van der Waals surface area contributed by atoms with E-state index in [0.717, 1.165) is 11.3 Å². The third kappa shape index (κ3) is 1.98. The van der Waals surface area contributed by atoms with Crippen LogP contribution in [0.3, 0.4) is 0 Å². The van der Waals surface area contributed by atoms with Gasteiger partial charge in [0.25, 0.3) is 5.69 Å². The molecule has 1 aromatic rings. The number of halogens is 1. The second kappa shape index (κ2) is 4.33. The first-order valence-electron chi connectivity index (χ1n) is 5.20. The highest BCUT2D eigenvalue weighted by atomic mass is 35.5. The number of fused-ring (bicyclic) bond motifs is 1. The molecule has 0 aromatic heterocycles. The fourth-order valence-corrected chi connectivity index (χ4v) is 2.30. The summed E-state index contributed by atoms with van der Waals surface area (Å²) >= 11 is 5.55. The number of carbonyl (C=O) groups excluding carboxylic acids is 1. The fourth-order valence-electron chi connectivity index (χ4n) is 2.18. The molecule has 5 nitrogen and oxygen atoms in total. The smallest absolute Gasteiger partial charge is 0.269 e. The Morgan fingerprint density at radius 2 is 2.35 bits per heavy atom. The van der Waals surface area contributed by atoms with E-state index in [9.17, 15) is 14.9 Å². The zero-order valence-electron chi connectivity index (χ0n) is 9.22. The number of nitro benzene ring substituents is 1. The van der Waals surface area contributed by atoms with Crippen LogP contribution in [0.15, 0.2) is 18.2 Å². The molecule has 2 rings (SSSR count). The van der Waals surface area contributed by atoms with Gasteiger partial charge in [-0.2, -0.15) is 0 Å². The van der Waals surface area contributed by atoms with Crippen LogP contribution in [0, 0.1) is 10.1 Å². The lowest BCUT2D eigenvalue weighted by molar-refractivity contribution is -0.384. The summed E-state index contributed by atoms with van der Waals surface area (Å²) in [4.78, 5) is 23.5. The number of benzene rings is 1. The summed E-state index contributed by atoms with van der Waals surface area (Å²) in [6, 6.07) is 4.54. The molecule has 0 saturated carbocycles. The van der Waals surface area contributed by atoms with Crippen LogP contribution in [0.2, 0.25) is 0 Å². The number of carbonyl (C=O) groups is 1. The molecule has 1 amide bonds. The van der Waals surface area contributed by atoms with Gasteiger partial charge in [0.15, 0.2) is 0 Å². The van der Waals surface area contributed by atoms with Crippen LogP contribution in [-0.4, -0.2) is 22.8 Å². The van der Waals surface area contributed by atoms with E-state index in [1.807, 2.05) is 6.92 Å². The molecule has 1 heterocycles. The molecule has 6 heteroatoms. The topological polar surface area (TPSA) is 63.5 Å². The summed E-state index contributed by atoms with van der Waals surface area (Å²) < 4.78 is 0. The first-order valence-corrected chi connectivity index (χ1v) is 5.73. The lowest BCUT2D eigenvalue weighted by Gasteiger charge is -2.21. The minimum Gasteiger partial charge on any atom is -0.308 e. The average molecular weight is 255 g/mol. The summed E-state index contributed by atoms with van der Waals surface area (Å²) in [7, 11) is 0. The van der Waals surface area contributed by atoms with Gasteiger partial charge in [-0.25, -0.2) is 0 Å². The Labute approximate surface area is 103 Å². The van der Waals surface area contributed by atoms with Crippen molar-refractivity contribution in [3.05, 3.63) is 33.9 Å². The molecule has 17 heavy (non-hydrogen) atoms. The highest BCUT2D eigenvalue weighted by Crippen LogP contribution is 2.34. The van der Waals surface area contributed by atoms with E-state index in [-0.39, 0.29) is 23.5 Å². The molecule has 0 aliphatic carbocycles. The third-order valence-corrected chi connectivity index (χ3v) is 3.10. The minimum atomic E-state index is -0.434. The maximum atomic E-state index is 11.7. The summed E-state index contributed by atoms with van der Waals surface area (Å²) in [6.07, 6.45) is 0.625. The number of hydrogen-bond acceptors (Lipinski definition) is 3. The van der Waals surface area contributed by atoms with E-state index in [1.165, 1.54) is 12.1 Å². The van der Waals surface area contributed by atoms with Crippen molar-refractivity contribution in [1.29, 1.82) is 0 Å². The highest BCUT2D eigenvalue weighted by Gasteiger charge is 2.31. The van der Waals surface area contributed by atoms with Crippen LogP contribution in [0.1, 0.15) is 12.5 Å². The average Bonchev–Trinajstić information content (AvgIpc) is 2.62. The maximum absolute atomic E-state index is 11.7. The van der Waals surface area contributed by atoms with Crippen molar-refractivity contribution in [1.82, 2.24) is 0 Å². The Balaban J connectivity index is 2.42. The van der Waals surface area contributed by atoms with Gasteiger partial charge >= 0.3 is 0 Å². The molecule has 0 bridgehead atoms. The fraction of sp³-hybridized carbons (Fsp3) is 0.364. The number of non-ortho nitro benzene ring substituents is 1. The molecular formula is C11H11ClN2O3. The van der Waals surface area contributed by atoms with Gasteiger partial charge < -0.3 is 4.90 Å². The van der Waals surface area contributed by atoms with Crippen LogP contribution in [0.4, 0.5) is 11.4 Å². The van der Waals surface area contributed by atoms with Gasteiger partial charge in [-0.15, -0.1) is 11.6 Å². The predicted octanol–water partition coefficient (Wildman–Crippen LogP) is 2.11. The third-order valence-electron chi connectivity index (χ3n) is 2.87. The minimum absolute atomic E-state index is 0.00162. The Morgan fingerprint density at radius 3 is 2.94 bits per heavy atom. The molecule has 1 aliphatic rings. The van der Waals surface area contributed by atoms with Crippen molar-refractivity contribution in [2.45, 2.75) is 19.4 Å². The SMILES string of the molecule is C[C@H]1Cc2cc([N+](=O)[O-])ccc2N1C(=O)CCl. The van der Waals surface area contributed by atoms with Crippen LogP contribution in [0.5, 0.6) is 0 Å². The van der Waals surface area contributed by atoms with Gasteiger partial charge in [-0.1, -0.05) is 0 Å². The van der Waals surface area contributed by atoms with Gasteiger partial charge in [0, 0.05) is 23.9 Å². The second-order valence-corrected chi connectivity index (χ2v) is 4.29. The number of amides is 1. The second-order valence-electron chi connectivity index (χ2n) is 4.02. The largest absolute Gasteiger partial charge is 0.308 e. The predicted molar refractivity (Wildman–Crippen MR) is 64.5 cm³/mol. The zero-order valence-corrected chi connectivity index (χ0v) is 9.98. The number of alkyl halides is 1. The monoisotopic (exact) mass is 254 g/mol. The first-order chi connectivity index (χ1) is 8.04. The van der Waals surface area contributed by atoms with Crippen molar-refractivity contribution in [2.75, 3.05) is 10.8 Å². The molecular weight excluding hydrogens is 244 g/mol. The van der Waals surface area contributed by atoms with Crippen molar-refractivity contribution >= 4 is 28.9 Å². The Hall–Kier alpha value is -1.62. The molecule has 0 N–H and O–H groups in total. The molecule has 0 fully saturated rings. The van der Waals surface area contributed by atoms with Crippen LogP contribution >= 0.6 is 11.6 Å². The van der Waals surface area contributed by atoms with Crippen LogP contribution < -0.4 is 4.90 Å². The summed E-state index contributed by atoms with van der Waals surface area (Å²) in [5, 5.41) is 10.7. The van der Waals surface area contributed by atoms with E-state index in [0.29, 0.717) is 6.42 Å². The summed E-state index contributed by atoms with van der Waals surface area (Å²) in [6.45, 7) is 1.90. The normalized spacial score (nSPS) is 18.0. The molecule has 1 atom stereocenters. The van der Waals surface area contributed by atoms with Crippen LogP contribution in [0.25, 0.3) is 0 Å². The number of rotatable bonds is 2. The first kappa shape index (κ1) is 11.9. The van der Waals surface area contributed by atoms with E-state index in [2.05, 4.69) is 0 Å². The van der Waals surface area contributed by atoms with Gasteiger partial charge in [0.05, 0.1) is 4.92 Å². The summed E-state index contributed by atoms with van der Waals surface area (Å²) in [5.74, 6) is -0.257. The van der Waals surface area contributed by atoms with Gasteiger partial charge in [-0.3, -0.25) is 14.9 Å². The number of anilines is 1. The number of hydrogen-bond donors (Lipinski definition) is 0. The van der Waals surface area contributed by atoms with Gasteiger partial charge in [-0.05, 0) is 25.0 Å². The lowest BCUT2D eigenvalue weighted by Crippen LogP contribution is -2.36.